The summed E-state index contributed by atoms with van der Waals surface area (Å²) in [6.07, 6.45) is 1.66. The number of methoxy groups -OCH3 is 1. The second kappa shape index (κ2) is 4.90. The van der Waals surface area contributed by atoms with E-state index in [-0.39, 0.29) is 0 Å². The van der Waals surface area contributed by atoms with Gasteiger partial charge in [0, 0.05) is 17.3 Å². The van der Waals surface area contributed by atoms with Crippen LogP contribution in [0.1, 0.15) is 19.4 Å². The molecule has 3 N–H and O–H groups in total. The number of nitrogens with two attached hydrogens (primary N) is 1. The fraction of sp³-hybridized carbons (Fsp3) is 0.267. The van der Waals surface area contributed by atoms with Crippen LogP contribution in [0.5, 0.6) is 5.75 Å². The molecule has 2 aromatic rings. The molecule has 2 rings (SSSR count). The number of aliphatic hydroxyl groups is 1. The molecule has 0 saturated carbocycles. The number of ether oxygens (including phenoxy) is 1. The first-order valence-corrected chi connectivity index (χ1v) is 6.05. The maximum Gasteiger partial charge on any atom is 0.151 e. The molecule has 1 heterocycles. The van der Waals surface area contributed by atoms with Gasteiger partial charge in [-0.25, -0.2) is 0 Å². The molecule has 1 aromatic carbocycles. The van der Waals surface area contributed by atoms with Crippen LogP contribution < -0.4 is 10.5 Å². The lowest BCUT2D eigenvalue weighted by molar-refractivity contribution is 0.0782. The Morgan fingerprint density at radius 2 is 1.95 bits per heavy atom. The number of hydrogen-bond donors (Lipinski definition) is 2. The van der Waals surface area contributed by atoms with Crippen molar-refractivity contribution in [2.45, 2.75) is 19.4 Å². The highest BCUT2D eigenvalue weighted by atomic mass is 16.5. The standard InChI is InChI=1S/C15H18N2O2/c1-15(2,18)10-7-8-13(17-9-10)11-5-4-6-12(16)14(11)19-3/h4-9,18H,16H2,1-3H3. The van der Waals surface area contributed by atoms with E-state index in [2.05, 4.69) is 4.98 Å². The van der Waals surface area contributed by atoms with Crippen molar-refractivity contribution < 1.29 is 9.84 Å². The SMILES string of the molecule is COc1c(N)cccc1-c1ccc(C(C)(C)O)cn1. The van der Waals surface area contributed by atoms with Crippen molar-refractivity contribution in [3.8, 4) is 17.0 Å². The third kappa shape index (κ3) is 2.69. The Balaban J connectivity index is 2.46. The van der Waals surface area contributed by atoms with Gasteiger partial charge < -0.3 is 15.6 Å². The van der Waals surface area contributed by atoms with Gasteiger partial charge in [-0.2, -0.15) is 0 Å². The molecule has 100 valence electrons. The summed E-state index contributed by atoms with van der Waals surface area (Å²) in [6.45, 7) is 3.45. The molecular formula is C15H18N2O2. The fourth-order valence-electron chi connectivity index (χ4n) is 1.90. The van der Waals surface area contributed by atoms with Crippen molar-refractivity contribution >= 4 is 5.69 Å². The Labute approximate surface area is 112 Å². The van der Waals surface area contributed by atoms with Gasteiger partial charge in [-0.3, -0.25) is 4.98 Å². The van der Waals surface area contributed by atoms with E-state index in [1.807, 2.05) is 24.3 Å². The van der Waals surface area contributed by atoms with Crippen molar-refractivity contribution in [2.75, 3.05) is 12.8 Å². The van der Waals surface area contributed by atoms with Crippen LogP contribution in [-0.4, -0.2) is 17.2 Å². The number of nitrogen functional groups attached to an aromatic ring is 1. The molecule has 0 bridgehead atoms. The molecule has 0 spiro atoms. The monoisotopic (exact) mass is 258 g/mol. The molecule has 4 nitrogen and oxygen atoms in total. The molecule has 0 aliphatic carbocycles. The summed E-state index contributed by atoms with van der Waals surface area (Å²) in [5.74, 6) is 0.617. The third-order valence-electron chi connectivity index (χ3n) is 3.00. The van der Waals surface area contributed by atoms with E-state index in [0.29, 0.717) is 11.4 Å². The zero-order valence-corrected chi connectivity index (χ0v) is 11.3. The minimum Gasteiger partial charge on any atom is -0.494 e. The van der Waals surface area contributed by atoms with E-state index in [1.165, 1.54) is 0 Å². The van der Waals surface area contributed by atoms with Crippen molar-refractivity contribution in [3.05, 3.63) is 42.1 Å². The molecule has 4 heteroatoms. The van der Waals surface area contributed by atoms with E-state index >= 15 is 0 Å². The van der Waals surface area contributed by atoms with Crippen LogP contribution in [0.25, 0.3) is 11.3 Å². The maximum absolute atomic E-state index is 9.91. The summed E-state index contributed by atoms with van der Waals surface area (Å²) < 4.78 is 5.31. The number of para-hydroxylation sites is 1. The van der Waals surface area contributed by atoms with Crippen molar-refractivity contribution in [3.63, 3.8) is 0 Å². The van der Waals surface area contributed by atoms with E-state index < -0.39 is 5.60 Å². The largest absolute Gasteiger partial charge is 0.494 e. The Morgan fingerprint density at radius 1 is 1.21 bits per heavy atom. The van der Waals surface area contributed by atoms with Crippen molar-refractivity contribution in [1.82, 2.24) is 4.98 Å². The minimum atomic E-state index is -0.897. The fourth-order valence-corrected chi connectivity index (χ4v) is 1.90. The molecule has 0 aliphatic heterocycles. The maximum atomic E-state index is 9.91. The minimum absolute atomic E-state index is 0.577. The number of rotatable bonds is 3. The molecule has 0 atom stereocenters. The summed E-state index contributed by atoms with van der Waals surface area (Å²) in [6, 6.07) is 9.25. The lowest BCUT2D eigenvalue weighted by Gasteiger charge is -2.17. The first-order valence-electron chi connectivity index (χ1n) is 6.05. The summed E-state index contributed by atoms with van der Waals surface area (Å²) in [7, 11) is 1.58. The van der Waals surface area contributed by atoms with Gasteiger partial charge in [-0.15, -0.1) is 0 Å². The third-order valence-corrected chi connectivity index (χ3v) is 3.00. The highest BCUT2D eigenvalue weighted by molar-refractivity contribution is 5.75. The number of benzene rings is 1. The lowest BCUT2D eigenvalue weighted by Crippen LogP contribution is -2.15. The van der Waals surface area contributed by atoms with Crippen LogP contribution in [-0.2, 0) is 5.60 Å². The van der Waals surface area contributed by atoms with Crippen molar-refractivity contribution in [2.24, 2.45) is 0 Å². The molecule has 0 amide bonds. The summed E-state index contributed by atoms with van der Waals surface area (Å²) in [5, 5.41) is 9.91. The predicted molar refractivity (Wildman–Crippen MR) is 75.9 cm³/mol. The predicted octanol–water partition coefficient (Wildman–Crippen LogP) is 2.57. The van der Waals surface area contributed by atoms with Gasteiger partial charge in [0.25, 0.3) is 0 Å². The van der Waals surface area contributed by atoms with Gasteiger partial charge in [-0.1, -0.05) is 12.1 Å². The topological polar surface area (TPSA) is 68.4 Å². The summed E-state index contributed by atoms with van der Waals surface area (Å²) in [5.41, 5.74) is 7.92. The Hall–Kier alpha value is -2.07. The van der Waals surface area contributed by atoms with Gasteiger partial charge in [0.05, 0.1) is 24.1 Å². The highest BCUT2D eigenvalue weighted by Crippen LogP contribution is 2.34. The molecule has 0 radical (unpaired) electrons. The average Bonchev–Trinajstić information content (AvgIpc) is 2.37. The van der Waals surface area contributed by atoms with E-state index in [0.717, 1.165) is 16.8 Å². The number of hydrogen-bond acceptors (Lipinski definition) is 4. The first-order chi connectivity index (χ1) is 8.93. The summed E-state index contributed by atoms with van der Waals surface area (Å²) in [4.78, 5) is 4.37. The van der Waals surface area contributed by atoms with Crippen LogP contribution in [0.15, 0.2) is 36.5 Å². The second-order valence-corrected chi connectivity index (χ2v) is 4.92. The second-order valence-electron chi connectivity index (χ2n) is 4.92. The zero-order valence-electron chi connectivity index (χ0n) is 11.3. The quantitative estimate of drug-likeness (QED) is 0.830. The van der Waals surface area contributed by atoms with Crippen LogP contribution in [0.4, 0.5) is 5.69 Å². The van der Waals surface area contributed by atoms with Crippen LogP contribution in [0, 0.1) is 0 Å². The van der Waals surface area contributed by atoms with E-state index in [4.69, 9.17) is 10.5 Å². The van der Waals surface area contributed by atoms with Crippen LogP contribution in [0.3, 0.4) is 0 Å². The van der Waals surface area contributed by atoms with Gasteiger partial charge in [0.1, 0.15) is 0 Å². The molecule has 0 saturated heterocycles. The van der Waals surface area contributed by atoms with Gasteiger partial charge in [0.15, 0.2) is 5.75 Å². The Kier molecular flexibility index (Phi) is 3.44. The molecule has 0 fully saturated rings. The first kappa shape index (κ1) is 13.4. The van der Waals surface area contributed by atoms with E-state index in [1.54, 1.807) is 33.2 Å². The Bertz CT molecular complexity index is 572. The molecule has 0 unspecified atom stereocenters. The van der Waals surface area contributed by atoms with Gasteiger partial charge in [-0.05, 0) is 32.0 Å². The number of anilines is 1. The molecule has 19 heavy (non-hydrogen) atoms. The van der Waals surface area contributed by atoms with Crippen molar-refractivity contribution in [1.29, 1.82) is 0 Å². The number of pyridine rings is 1. The van der Waals surface area contributed by atoms with Crippen LogP contribution in [0.2, 0.25) is 0 Å². The van der Waals surface area contributed by atoms with Crippen LogP contribution >= 0.6 is 0 Å². The Morgan fingerprint density at radius 3 is 2.47 bits per heavy atom. The zero-order chi connectivity index (χ0) is 14.0. The molecule has 0 aliphatic rings. The van der Waals surface area contributed by atoms with Gasteiger partial charge in [0.2, 0.25) is 0 Å². The number of aromatic nitrogens is 1. The average molecular weight is 258 g/mol. The normalized spacial score (nSPS) is 11.4. The number of nitrogens with zero attached hydrogens (tertiary/aromatic N) is 1. The van der Waals surface area contributed by atoms with Gasteiger partial charge >= 0.3 is 0 Å². The van der Waals surface area contributed by atoms with E-state index in [9.17, 15) is 5.11 Å². The highest BCUT2D eigenvalue weighted by Gasteiger charge is 2.17. The molecular weight excluding hydrogens is 240 g/mol. The molecule has 1 aromatic heterocycles. The summed E-state index contributed by atoms with van der Waals surface area (Å²) >= 11 is 0. The lowest BCUT2D eigenvalue weighted by atomic mass is 9.99. The smallest absolute Gasteiger partial charge is 0.151 e.